The molecular formula is C25H36O6. The summed E-state index contributed by atoms with van der Waals surface area (Å²) in [5, 5.41) is 41.5. The Balaban J connectivity index is 1.85. The number of ether oxygens (including phenoxy) is 2. The van der Waals surface area contributed by atoms with Gasteiger partial charge in [-0.1, -0.05) is 25.5 Å². The van der Waals surface area contributed by atoms with E-state index in [1.54, 1.807) is 0 Å². The highest BCUT2D eigenvalue weighted by Crippen LogP contribution is 2.58. The number of phenolic OH excluding ortho intramolecular Hbond substituents is 1. The quantitative estimate of drug-likeness (QED) is 0.545. The third-order valence-corrected chi connectivity index (χ3v) is 7.48. The van der Waals surface area contributed by atoms with E-state index in [0.717, 1.165) is 30.4 Å². The molecule has 1 fully saturated rings. The predicted molar refractivity (Wildman–Crippen MR) is 118 cm³/mol. The summed E-state index contributed by atoms with van der Waals surface area (Å²) < 4.78 is 11.5. The van der Waals surface area contributed by atoms with Gasteiger partial charge in [0.25, 0.3) is 0 Å². The molecule has 0 radical (unpaired) electrons. The number of rotatable bonds is 3. The van der Waals surface area contributed by atoms with Crippen LogP contribution in [0.1, 0.15) is 87.0 Å². The molecule has 4 rings (SSSR count). The molecule has 6 heteroatoms. The van der Waals surface area contributed by atoms with E-state index in [9.17, 15) is 20.4 Å². The second kappa shape index (κ2) is 8.39. The molecule has 0 amide bonds. The van der Waals surface area contributed by atoms with Crippen LogP contribution in [0.2, 0.25) is 0 Å². The van der Waals surface area contributed by atoms with Crippen molar-refractivity contribution in [3.63, 3.8) is 0 Å². The average molecular weight is 433 g/mol. The second-order valence-electron chi connectivity index (χ2n) is 10.1. The summed E-state index contributed by atoms with van der Waals surface area (Å²) in [4.78, 5) is 0. The molecule has 0 bridgehead atoms. The Bertz CT molecular complexity index is 873. The van der Waals surface area contributed by atoms with Crippen molar-refractivity contribution in [1.82, 2.24) is 0 Å². The van der Waals surface area contributed by atoms with Gasteiger partial charge < -0.3 is 29.9 Å². The number of benzene rings is 1. The molecule has 0 saturated carbocycles. The van der Waals surface area contributed by atoms with Crippen LogP contribution in [0.4, 0.5) is 0 Å². The van der Waals surface area contributed by atoms with E-state index in [1.165, 1.54) is 16.7 Å². The van der Waals surface area contributed by atoms with Crippen LogP contribution in [0.15, 0.2) is 11.6 Å². The van der Waals surface area contributed by atoms with E-state index < -0.39 is 24.6 Å². The SMILES string of the molecule is CC(C)=C[C@H]1C[C@H](C)[C@H]2CC[C@H](C)c3c(O)c(OC4OCC(O)C(O)C4O)c(C)c1c32. The Kier molecular flexibility index (Phi) is 6.12. The third kappa shape index (κ3) is 3.78. The molecule has 31 heavy (non-hydrogen) atoms. The zero-order valence-corrected chi connectivity index (χ0v) is 19.1. The number of allylic oxidation sites excluding steroid dienone is 2. The highest BCUT2D eigenvalue weighted by atomic mass is 16.7. The van der Waals surface area contributed by atoms with Gasteiger partial charge in [-0.3, -0.25) is 0 Å². The van der Waals surface area contributed by atoms with Crippen LogP contribution in [-0.4, -0.2) is 51.6 Å². The minimum Gasteiger partial charge on any atom is -0.504 e. The van der Waals surface area contributed by atoms with Gasteiger partial charge in [0.15, 0.2) is 11.5 Å². The van der Waals surface area contributed by atoms with Gasteiger partial charge in [0.2, 0.25) is 6.29 Å². The number of hydrogen-bond acceptors (Lipinski definition) is 6. The number of aromatic hydroxyl groups is 1. The van der Waals surface area contributed by atoms with Gasteiger partial charge in [0.1, 0.15) is 18.3 Å². The smallest absolute Gasteiger partial charge is 0.229 e. The number of aliphatic hydroxyl groups is 3. The summed E-state index contributed by atoms with van der Waals surface area (Å²) in [6.45, 7) is 10.5. The normalized spacial score (nSPS) is 37.2. The largest absolute Gasteiger partial charge is 0.504 e. The first-order valence-electron chi connectivity index (χ1n) is 11.5. The molecule has 1 saturated heterocycles. The van der Waals surface area contributed by atoms with Crippen LogP contribution in [0.25, 0.3) is 0 Å². The zero-order chi connectivity index (χ0) is 22.6. The summed E-state index contributed by atoms with van der Waals surface area (Å²) in [7, 11) is 0. The molecule has 1 aliphatic heterocycles. The summed E-state index contributed by atoms with van der Waals surface area (Å²) in [5.74, 6) is 1.84. The summed E-state index contributed by atoms with van der Waals surface area (Å²) in [6, 6.07) is 0. The van der Waals surface area contributed by atoms with E-state index in [4.69, 9.17) is 9.47 Å². The molecule has 8 atom stereocenters. The molecule has 4 N–H and O–H groups in total. The first-order valence-corrected chi connectivity index (χ1v) is 11.5. The van der Waals surface area contributed by atoms with Crippen molar-refractivity contribution >= 4 is 0 Å². The molecule has 172 valence electrons. The number of aliphatic hydroxyl groups excluding tert-OH is 3. The maximum atomic E-state index is 11.3. The van der Waals surface area contributed by atoms with Gasteiger partial charge in [-0.15, -0.1) is 0 Å². The van der Waals surface area contributed by atoms with Crippen molar-refractivity contribution in [2.45, 2.75) is 96.2 Å². The van der Waals surface area contributed by atoms with Crippen LogP contribution in [0.3, 0.4) is 0 Å². The van der Waals surface area contributed by atoms with E-state index >= 15 is 0 Å². The topological polar surface area (TPSA) is 99.4 Å². The Labute approximate surface area is 184 Å². The van der Waals surface area contributed by atoms with Gasteiger partial charge in [0.05, 0.1) is 6.61 Å². The van der Waals surface area contributed by atoms with Gasteiger partial charge >= 0.3 is 0 Å². The van der Waals surface area contributed by atoms with Crippen molar-refractivity contribution in [3.8, 4) is 11.5 Å². The Morgan fingerprint density at radius 1 is 1.03 bits per heavy atom. The number of phenols is 1. The lowest BCUT2D eigenvalue weighted by molar-refractivity contribution is -0.242. The molecule has 0 aromatic heterocycles. The van der Waals surface area contributed by atoms with Crippen LogP contribution in [-0.2, 0) is 4.74 Å². The van der Waals surface area contributed by atoms with E-state index in [1.807, 2.05) is 6.92 Å². The molecule has 2 aliphatic carbocycles. The minimum atomic E-state index is -1.41. The minimum absolute atomic E-state index is 0.120. The Morgan fingerprint density at radius 2 is 1.74 bits per heavy atom. The first kappa shape index (κ1) is 22.6. The third-order valence-electron chi connectivity index (χ3n) is 7.48. The van der Waals surface area contributed by atoms with E-state index in [0.29, 0.717) is 17.6 Å². The average Bonchev–Trinajstić information content (AvgIpc) is 2.69. The standard InChI is InChI=1S/C25H36O6/c1-11(2)8-15-9-13(4)16-7-6-12(3)18-20(16)19(15)14(5)24(22(18)28)31-25-23(29)21(27)17(26)10-30-25/h8,12-13,15-17,21,23,25-29H,6-7,9-10H2,1-5H3/t12-,13-,15-,16+,17?,21?,23?,25?/m0/s1. The van der Waals surface area contributed by atoms with Crippen molar-refractivity contribution in [3.05, 3.63) is 33.9 Å². The fraction of sp³-hybridized carbons (Fsp3) is 0.680. The maximum absolute atomic E-state index is 11.3. The van der Waals surface area contributed by atoms with Crippen LogP contribution < -0.4 is 4.74 Å². The molecular weight excluding hydrogens is 396 g/mol. The van der Waals surface area contributed by atoms with Gasteiger partial charge in [-0.2, -0.15) is 0 Å². The monoisotopic (exact) mass is 432 g/mol. The molecule has 1 heterocycles. The molecule has 1 aromatic carbocycles. The fourth-order valence-electron chi connectivity index (χ4n) is 5.94. The molecule has 0 spiro atoms. The predicted octanol–water partition coefficient (Wildman–Crippen LogP) is 3.59. The molecule has 6 nitrogen and oxygen atoms in total. The Morgan fingerprint density at radius 3 is 2.42 bits per heavy atom. The zero-order valence-electron chi connectivity index (χ0n) is 19.1. The summed E-state index contributed by atoms with van der Waals surface area (Å²) in [6.07, 6.45) is 0.395. The van der Waals surface area contributed by atoms with Crippen LogP contribution >= 0.6 is 0 Å². The van der Waals surface area contributed by atoms with Gasteiger partial charge in [-0.05, 0) is 74.5 Å². The van der Waals surface area contributed by atoms with Crippen molar-refractivity contribution in [2.75, 3.05) is 6.61 Å². The van der Waals surface area contributed by atoms with Gasteiger partial charge in [-0.25, -0.2) is 0 Å². The lowest BCUT2D eigenvalue weighted by Crippen LogP contribution is -2.54. The van der Waals surface area contributed by atoms with Crippen LogP contribution in [0, 0.1) is 12.8 Å². The molecule has 3 aliphatic rings. The summed E-state index contributed by atoms with van der Waals surface area (Å²) in [5.41, 5.74) is 5.58. The van der Waals surface area contributed by atoms with Crippen LogP contribution in [0.5, 0.6) is 11.5 Å². The lowest BCUT2D eigenvalue weighted by Gasteiger charge is -2.44. The number of hydrogen-bond donors (Lipinski definition) is 4. The molecule has 4 unspecified atom stereocenters. The van der Waals surface area contributed by atoms with Gasteiger partial charge in [0, 0.05) is 11.5 Å². The Hall–Kier alpha value is -1.60. The lowest BCUT2D eigenvalue weighted by atomic mass is 9.62. The summed E-state index contributed by atoms with van der Waals surface area (Å²) >= 11 is 0. The van der Waals surface area contributed by atoms with E-state index in [-0.39, 0.29) is 24.2 Å². The highest BCUT2D eigenvalue weighted by molar-refractivity contribution is 5.64. The second-order valence-corrected chi connectivity index (χ2v) is 10.1. The maximum Gasteiger partial charge on any atom is 0.229 e. The highest BCUT2D eigenvalue weighted by Gasteiger charge is 2.43. The van der Waals surface area contributed by atoms with Crippen molar-refractivity contribution in [1.29, 1.82) is 0 Å². The van der Waals surface area contributed by atoms with Crippen molar-refractivity contribution < 1.29 is 29.9 Å². The van der Waals surface area contributed by atoms with Crippen molar-refractivity contribution in [2.24, 2.45) is 5.92 Å². The fourth-order valence-corrected chi connectivity index (χ4v) is 5.94. The first-order chi connectivity index (χ1) is 14.6. The van der Waals surface area contributed by atoms with E-state index in [2.05, 4.69) is 33.8 Å². The molecule has 1 aromatic rings.